The average molecular weight is 336 g/mol. The molecule has 0 bridgehead atoms. The molecule has 1 unspecified atom stereocenters. The molecule has 0 aliphatic carbocycles. The number of rotatable bonds is 7. The first-order valence-electron chi connectivity index (χ1n) is 8.37. The van der Waals surface area contributed by atoms with Crippen molar-refractivity contribution in [2.75, 3.05) is 26.7 Å². The molecule has 0 aliphatic heterocycles. The Kier molecular flexibility index (Phi) is 7.24. The summed E-state index contributed by atoms with van der Waals surface area (Å²) in [6, 6.07) is 4.09. The summed E-state index contributed by atoms with van der Waals surface area (Å²) in [5.41, 5.74) is 3.07. The normalized spacial score (nSPS) is 13.0. The van der Waals surface area contributed by atoms with Crippen LogP contribution in [-0.4, -0.2) is 54.3 Å². The molecule has 1 aromatic carbocycles. The minimum atomic E-state index is -0.656. The zero-order valence-electron chi connectivity index (χ0n) is 16.1. The molecule has 0 fully saturated rings. The molecule has 0 saturated heterocycles. The summed E-state index contributed by atoms with van der Waals surface area (Å²) >= 11 is 0. The SMILES string of the molecule is Cc1ccc(C)c(OCC(O)CN(C)CC(=O)NC(C)(C)C)c1C. The highest BCUT2D eigenvalue weighted by atomic mass is 16.5. The molecule has 2 N–H and O–H groups in total. The largest absolute Gasteiger partial charge is 0.490 e. The van der Waals surface area contributed by atoms with E-state index in [-0.39, 0.29) is 24.6 Å². The number of amides is 1. The molecule has 5 nitrogen and oxygen atoms in total. The van der Waals surface area contributed by atoms with E-state index < -0.39 is 6.10 Å². The van der Waals surface area contributed by atoms with Gasteiger partial charge in [0.05, 0.1) is 6.54 Å². The van der Waals surface area contributed by atoms with Crippen molar-refractivity contribution in [3.63, 3.8) is 0 Å². The van der Waals surface area contributed by atoms with Gasteiger partial charge in [0.25, 0.3) is 0 Å². The average Bonchev–Trinajstić information content (AvgIpc) is 2.40. The summed E-state index contributed by atoms with van der Waals surface area (Å²) in [6.45, 7) is 12.7. The molecule has 0 saturated carbocycles. The summed E-state index contributed by atoms with van der Waals surface area (Å²) < 4.78 is 5.82. The molecule has 1 amide bonds. The molecule has 0 aromatic heterocycles. The van der Waals surface area contributed by atoms with Crippen molar-refractivity contribution >= 4 is 5.91 Å². The molecular weight excluding hydrogens is 304 g/mol. The van der Waals surface area contributed by atoms with Gasteiger partial charge in [0, 0.05) is 12.1 Å². The maximum absolute atomic E-state index is 11.9. The van der Waals surface area contributed by atoms with Crippen molar-refractivity contribution in [1.29, 1.82) is 0 Å². The summed E-state index contributed by atoms with van der Waals surface area (Å²) in [5, 5.41) is 13.1. The standard InChI is InChI=1S/C19H32N2O3/c1-13-8-9-14(2)18(15(13)3)24-12-16(22)10-21(7)11-17(23)20-19(4,5)6/h8-9,16,22H,10-12H2,1-7H3,(H,20,23). The van der Waals surface area contributed by atoms with Crippen LogP contribution in [0, 0.1) is 20.8 Å². The van der Waals surface area contributed by atoms with Crippen molar-refractivity contribution in [2.24, 2.45) is 0 Å². The smallest absolute Gasteiger partial charge is 0.234 e. The van der Waals surface area contributed by atoms with Crippen LogP contribution in [0.4, 0.5) is 0 Å². The molecule has 0 aliphatic rings. The number of nitrogens with one attached hydrogen (secondary N) is 1. The number of aliphatic hydroxyl groups is 1. The Morgan fingerprint density at radius 1 is 1.25 bits per heavy atom. The Hall–Kier alpha value is -1.59. The van der Waals surface area contributed by atoms with Crippen molar-refractivity contribution < 1.29 is 14.6 Å². The van der Waals surface area contributed by atoms with Crippen molar-refractivity contribution in [3.05, 3.63) is 28.8 Å². The fraction of sp³-hybridized carbons (Fsp3) is 0.632. The third-order valence-corrected chi connectivity index (χ3v) is 3.74. The fourth-order valence-corrected chi connectivity index (χ4v) is 2.51. The van der Waals surface area contributed by atoms with Gasteiger partial charge < -0.3 is 15.2 Å². The third-order valence-electron chi connectivity index (χ3n) is 3.74. The van der Waals surface area contributed by atoms with E-state index in [1.165, 1.54) is 5.56 Å². The Morgan fingerprint density at radius 2 is 1.83 bits per heavy atom. The van der Waals surface area contributed by atoms with E-state index in [4.69, 9.17) is 4.74 Å². The summed E-state index contributed by atoms with van der Waals surface area (Å²) in [5.74, 6) is 0.783. The first kappa shape index (κ1) is 20.5. The second-order valence-corrected chi connectivity index (χ2v) is 7.61. The second kappa shape index (κ2) is 8.49. The van der Waals surface area contributed by atoms with Gasteiger partial charge >= 0.3 is 0 Å². The van der Waals surface area contributed by atoms with E-state index >= 15 is 0 Å². The Morgan fingerprint density at radius 3 is 2.42 bits per heavy atom. The molecule has 0 spiro atoms. The lowest BCUT2D eigenvalue weighted by Gasteiger charge is -2.25. The van der Waals surface area contributed by atoms with Crippen molar-refractivity contribution in [1.82, 2.24) is 10.2 Å². The topological polar surface area (TPSA) is 61.8 Å². The first-order valence-corrected chi connectivity index (χ1v) is 8.37. The van der Waals surface area contributed by atoms with Gasteiger partial charge in [0.15, 0.2) is 0 Å². The molecule has 0 radical (unpaired) electrons. The Labute approximate surface area is 146 Å². The number of hydrogen-bond acceptors (Lipinski definition) is 4. The monoisotopic (exact) mass is 336 g/mol. The zero-order chi connectivity index (χ0) is 18.5. The van der Waals surface area contributed by atoms with E-state index in [9.17, 15) is 9.90 Å². The van der Waals surface area contributed by atoms with E-state index in [0.717, 1.165) is 16.9 Å². The number of hydrogen-bond donors (Lipinski definition) is 2. The Bertz CT molecular complexity index is 564. The van der Waals surface area contributed by atoms with E-state index in [2.05, 4.69) is 11.4 Å². The highest BCUT2D eigenvalue weighted by Gasteiger charge is 2.17. The fourth-order valence-electron chi connectivity index (χ4n) is 2.51. The number of nitrogens with zero attached hydrogens (tertiary/aromatic N) is 1. The number of likely N-dealkylation sites (N-methyl/N-ethyl adjacent to an activating group) is 1. The van der Waals surface area contributed by atoms with Crippen LogP contribution in [0.2, 0.25) is 0 Å². The van der Waals surface area contributed by atoms with Gasteiger partial charge in [-0.1, -0.05) is 12.1 Å². The summed E-state index contributed by atoms with van der Waals surface area (Å²) in [6.07, 6.45) is -0.656. The molecule has 5 heteroatoms. The lowest BCUT2D eigenvalue weighted by molar-refractivity contribution is -0.123. The lowest BCUT2D eigenvalue weighted by atomic mass is 10.1. The molecular formula is C19H32N2O3. The number of carbonyl (C=O) groups is 1. The van der Waals surface area contributed by atoms with Crippen LogP contribution in [0.3, 0.4) is 0 Å². The molecule has 24 heavy (non-hydrogen) atoms. The number of aliphatic hydroxyl groups excluding tert-OH is 1. The van der Waals surface area contributed by atoms with Gasteiger partial charge in [-0.2, -0.15) is 0 Å². The lowest BCUT2D eigenvalue weighted by Crippen LogP contribution is -2.46. The molecule has 1 atom stereocenters. The van der Waals surface area contributed by atoms with Crippen molar-refractivity contribution in [3.8, 4) is 5.75 Å². The number of benzene rings is 1. The summed E-state index contributed by atoms with van der Waals surface area (Å²) in [7, 11) is 1.81. The highest BCUT2D eigenvalue weighted by molar-refractivity contribution is 5.78. The van der Waals surface area contributed by atoms with Crippen LogP contribution >= 0.6 is 0 Å². The minimum absolute atomic E-state index is 0.0523. The maximum Gasteiger partial charge on any atom is 0.234 e. The second-order valence-electron chi connectivity index (χ2n) is 7.61. The Balaban J connectivity index is 2.48. The number of carbonyl (C=O) groups excluding carboxylic acids is 1. The van der Waals surface area contributed by atoms with Crippen LogP contribution in [0.5, 0.6) is 5.75 Å². The predicted molar refractivity (Wildman–Crippen MR) is 97.5 cm³/mol. The van der Waals surface area contributed by atoms with Gasteiger partial charge in [-0.15, -0.1) is 0 Å². The number of ether oxygens (including phenoxy) is 1. The molecule has 136 valence electrons. The van der Waals surface area contributed by atoms with E-state index in [0.29, 0.717) is 6.54 Å². The molecule has 0 heterocycles. The number of aryl methyl sites for hydroxylation is 2. The minimum Gasteiger partial charge on any atom is -0.490 e. The summed E-state index contributed by atoms with van der Waals surface area (Å²) in [4.78, 5) is 13.7. The first-order chi connectivity index (χ1) is 11.0. The van der Waals surface area contributed by atoms with Gasteiger partial charge in [-0.3, -0.25) is 9.69 Å². The van der Waals surface area contributed by atoms with Gasteiger partial charge in [-0.25, -0.2) is 0 Å². The molecule has 1 aromatic rings. The van der Waals surface area contributed by atoms with Gasteiger partial charge in [-0.05, 0) is 65.3 Å². The van der Waals surface area contributed by atoms with Crippen molar-refractivity contribution in [2.45, 2.75) is 53.2 Å². The highest BCUT2D eigenvalue weighted by Crippen LogP contribution is 2.25. The van der Waals surface area contributed by atoms with E-state index in [1.807, 2.05) is 54.7 Å². The third kappa shape index (κ3) is 6.89. The predicted octanol–water partition coefficient (Wildman–Crippen LogP) is 2.20. The van der Waals surface area contributed by atoms with Gasteiger partial charge in [0.1, 0.15) is 18.5 Å². The van der Waals surface area contributed by atoms with Gasteiger partial charge in [0.2, 0.25) is 5.91 Å². The maximum atomic E-state index is 11.9. The van der Waals surface area contributed by atoms with Crippen LogP contribution < -0.4 is 10.1 Å². The molecule has 1 rings (SSSR count). The van der Waals surface area contributed by atoms with E-state index in [1.54, 1.807) is 4.90 Å². The quantitative estimate of drug-likeness (QED) is 0.801. The van der Waals surface area contributed by atoms with Crippen LogP contribution in [-0.2, 0) is 4.79 Å². The van der Waals surface area contributed by atoms with Crippen LogP contribution in [0.15, 0.2) is 12.1 Å². The zero-order valence-corrected chi connectivity index (χ0v) is 16.1. The van der Waals surface area contributed by atoms with Crippen LogP contribution in [0.25, 0.3) is 0 Å². The van der Waals surface area contributed by atoms with Crippen LogP contribution in [0.1, 0.15) is 37.5 Å².